The average Bonchev–Trinajstić information content (AvgIpc) is 2.71. The van der Waals surface area contributed by atoms with Crippen molar-refractivity contribution in [3.05, 3.63) is 51.8 Å². The lowest BCUT2D eigenvalue weighted by Crippen LogP contribution is -2.21. The van der Waals surface area contributed by atoms with E-state index in [1.807, 2.05) is 49.1 Å². The van der Waals surface area contributed by atoms with E-state index in [-0.39, 0.29) is 0 Å². The first-order valence-electron chi connectivity index (χ1n) is 6.19. The molecule has 1 heterocycles. The number of benzene rings is 1. The Morgan fingerprint density at radius 2 is 2.05 bits per heavy atom. The Labute approximate surface area is 121 Å². The number of hydrogen-bond acceptors (Lipinski definition) is 3. The van der Waals surface area contributed by atoms with E-state index < -0.39 is 6.10 Å². The van der Waals surface area contributed by atoms with Crippen LogP contribution in [0, 0.1) is 6.92 Å². The lowest BCUT2D eigenvalue weighted by molar-refractivity contribution is 0.174. The van der Waals surface area contributed by atoms with Crippen LogP contribution in [0.3, 0.4) is 0 Å². The minimum atomic E-state index is -0.495. The van der Waals surface area contributed by atoms with Crippen LogP contribution < -0.4 is 5.32 Å². The van der Waals surface area contributed by atoms with E-state index in [4.69, 9.17) is 0 Å². The number of aliphatic hydroxyl groups excluding tert-OH is 1. The molecule has 0 aliphatic heterocycles. The van der Waals surface area contributed by atoms with Crippen molar-refractivity contribution < 1.29 is 5.11 Å². The summed E-state index contributed by atoms with van der Waals surface area (Å²) in [4.78, 5) is 0. The third-order valence-electron chi connectivity index (χ3n) is 3.24. The van der Waals surface area contributed by atoms with Crippen molar-refractivity contribution in [1.82, 2.24) is 15.1 Å². The maximum atomic E-state index is 10.1. The molecule has 1 aromatic carbocycles. The summed E-state index contributed by atoms with van der Waals surface area (Å²) in [7, 11) is 1.93. The summed E-state index contributed by atoms with van der Waals surface area (Å²) in [6.45, 7) is 3.28. The van der Waals surface area contributed by atoms with Crippen molar-refractivity contribution in [3.8, 4) is 0 Å². The van der Waals surface area contributed by atoms with E-state index in [9.17, 15) is 5.11 Å². The van der Waals surface area contributed by atoms with Gasteiger partial charge in [-0.05, 0) is 24.6 Å². The largest absolute Gasteiger partial charge is 0.387 e. The molecular weight excluding hydrogens is 306 g/mol. The van der Waals surface area contributed by atoms with Crippen molar-refractivity contribution in [3.63, 3.8) is 0 Å². The average molecular weight is 324 g/mol. The van der Waals surface area contributed by atoms with E-state index in [0.29, 0.717) is 13.1 Å². The first-order chi connectivity index (χ1) is 9.08. The maximum Gasteiger partial charge on any atom is 0.0914 e. The van der Waals surface area contributed by atoms with Gasteiger partial charge in [-0.3, -0.25) is 4.68 Å². The summed E-state index contributed by atoms with van der Waals surface area (Å²) in [5.74, 6) is 0. The van der Waals surface area contributed by atoms with Gasteiger partial charge in [-0.2, -0.15) is 5.10 Å². The molecule has 2 aromatic rings. The van der Waals surface area contributed by atoms with Crippen LogP contribution >= 0.6 is 15.9 Å². The Morgan fingerprint density at radius 1 is 1.37 bits per heavy atom. The van der Waals surface area contributed by atoms with Gasteiger partial charge in [0.25, 0.3) is 0 Å². The van der Waals surface area contributed by atoms with Crippen LogP contribution in [0.15, 0.2) is 34.9 Å². The predicted octanol–water partition coefficient (Wildman–Crippen LogP) is 2.31. The zero-order valence-corrected chi connectivity index (χ0v) is 12.7. The molecule has 5 heteroatoms. The lowest BCUT2D eigenvalue weighted by atomic mass is 10.1. The number of nitrogens with one attached hydrogen (secondary N) is 1. The molecule has 19 heavy (non-hydrogen) atoms. The summed E-state index contributed by atoms with van der Waals surface area (Å²) in [6, 6.07) is 7.71. The number of aromatic nitrogens is 2. The van der Waals surface area contributed by atoms with Gasteiger partial charge in [0.05, 0.1) is 12.3 Å². The number of hydrogen-bond donors (Lipinski definition) is 2. The number of nitrogens with zero attached hydrogens (tertiary/aromatic N) is 2. The Bertz CT molecular complexity index is 536. The molecule has 0 aliphatic carbocycles. The lowest BCUT2D eigenvalue weighted by Gasteiger charge is -2.12. The third kappa shape index (κ3) is 3.65. The maximum absolute atomic E-state index is 10.1. The van der Waals surface area contributed by atoms with Gasteiger partial charge in [-0.25, -0.2) is 0 Å². The molecule has 0 fully saturated rings. The van der Waals surface area contributed by atoms with Gasteiger partial charge >= 0.3 is 0 Å². The van der Waals surface area contributed by atoms with Gasteiger partial charge in [0.15, 0.2) is 0 Å². The molecule has 2 rings (SSSR count). The molecule has 4 nitrogen and oxygen atoms in total. The van der Waals surface area contributed by atoms with E-state index >= 15 is 0 Å². The molecule has 1 atom stereocenters. The van der Waals surface area contributed by atoms with Gasteiger partial charge < -0.3 is 10.4 Å². The fourth-order valence-corrected chi connectivity index (χ4v) is 2.13. The first kappa shape index (κ1) is 14.2. The number of halogens is 1. The van der Waals surface area contributed by atoms with Gasteiger partial charge in [0.2, 0.25) is 0 Å². The minimum Gasteiger partial charge on any atom is -0.387 e. The Morgan fingerprint density at radius 3 is 2.63 bits per heavy atom. The van der Waals surface area contributed by atoms with Crippen LogP contribution in [-0.2, 0) is 13.6 Å². The number of aryl methyl sites for hydroxylation is 1. The topological polar surface area (TPSA) is 50.1 Å². The summed E-state index contributed by atoms with van der Waals surface area (Å²) in [5, 5.41) is 17.5. The van der Waals surface area contributed by atoms with Crippen LogP contribution in [0.25, 0.3) is 0 Å². The molecule has 0 amide bonds. The molecule has 0 unspecified atom stereocenters. The quantitative estimate of drug-likeness (QED) is 0.887. The Kier molecular flexibility index (Phi) is 4.74. The Hall–Kier alpha value is -1.17. The first-order valence-corrected chi connectivity index (χ1v) is 6.99. The zero-order chi connectivity index (χ0) is 13.8. The van der Waals surface area contributed by atoms with Crippen LogP contribution in [0.4, 0.5) is 0 Å². The smallest absolute Gasteiger partial charge is 0.0914 e. The summed E-state index contributed by atoms with van der Waals surface area (Å²) < 4.78 is 2.87. The molecule has 0 bridgehead atoms. The fraction of sp³-hybridized carbons (Fsp3) is 0.357. The second kappa shape index (κ2) is 6.32. The van der Waals surface area contributed by atoms with Crippen LogP contribution in [0.1, 0.15) is 22.9 Å². The Balaban J connectivity index is 1.85. The van der Waals surface area contributed by atoms with Crippen LogP contribution in [-0.4, -0.2) is 21.4 Å². The van der Waals surface area contributed by atoms with Gasteiger partial charge in [0, 0.05) is 35.9 Å². The summed E-state index contributed by atoms with van der Waals surface area (Å²) >= 11 is 3.38. The normalized spacial score (nSPS) is 12.6. The number of aliphatic hydroxyl groups is 1. The van der Waals surface area contributed by atoms with E-state index in [0.717, 1.165) is 21.3 Å². The molecule has 2 N–H and O–H groups in total. The second-order valence-corrected chi connectivity index (χ2v) is 5.49. The van der Waals surface area contributed by atoms with E-state index in [1.165, 1.54) is 0 Å². The molecule has 1 aromatic heterocycles. The van der Waals surface area contributed by atoms with Gasteiger partial charge in [0.1, 0.15) is 0 Å². The van der Waals surface area contributed by atoms with E-state index in [2.05, 4.69) is 26.3 Å². The highest BCUT2D eigenvalue weighted by Crippen LogP contribution is 2.16. The molecule has 102 valence electrons. The molecule has 0 saturated carbocycles. The van der Waals surface area contributed by atoms with Crippen molar-refractivity contribution in [2.45, 2.75) is 19.6 Å². The third-order valence-corrected chi connectivity index (χ3v) is 3.77. The fourth-order valence-electron chi connectivity index (χ4n) is 1.86. The SMILES string of the molecule is Cc1c(CNC[C@H](O)c2ccc(Br)cc2)cnn1C. The van der Waals surface area contributed by atoms with Crippen molar-refractivity contribution in [1.29, 1.82) is 0 Å². The van der Waals surface area contributed by atoms with Crippen molar-refractivity contribution in [2.24, 2.45) is 7.05 Å². The molecule has 0 aliphatic rings. The zero-order valence-electron chi connectivity index (χ0n) is 11.1. The molecule has 0 spiro atoms. The monoisotopic (exact) mass is 323 g/mol. The highest BCUT2D eigenvalue weighted by atomic mass is 79.9. The highest BCUT2D eigenvalue weighted by Gasteiger charge is 2.08. The van der Waals surface area contributed by atoms with Crippen LogP contribution in [0.2, 0.25) is 0 Å². The predicted molar refractivity (Wildman–Crippen MR) is 78.8 cm³/mol. The molecule has 0 radical (unpaired) electrons. The van der Waals surface area contributed by atoms with Crippen LogP contribution in [0.5, 0.6) is 0 Å². The van der Waals surface area contributed by atoms with Gasteiger partial charge in [-0.15, -0.1) is 0 Å². The van der Waals surface area contributed by atoms with Crippen molar-refractivity contribution in [2.75, 3.05) is 6.54 Å². The standard InChI is InChI=1S/C14H18BrN3O/c1-10-12(8-17-18(10)2)7-16-9-14(19)11-3-5-13(15)6-4-11/h3-6,8,14,16,19H,7,9H2,1-2H3/t14-/m0/s1. The summed E-state index contributed by atoms with van der Waals surface area (Å²) in [6.07, 6.45) is 1.36. The molecule has 0 saturated heterocycles. The highest BCUT2D eigenvalue weighted by molar-refractivity contribution is 9.10. The summed E-state index contributed by atoms with van der Waals surface area (Å²) in [5.41, 5.74) is 3.22. The number of rotatable bonds is 5. The van der Waals surface area contributed by atoms with Crippen molar-refractivity contribution >= 4 is 15.9 Å². The second-order valence-electron chi connectivity index (χ2n) is 4.58. The molecular formula is C14H18BrN3O. The minimum absolute atomic E-state index is 0.495. The van der Waals surface area contributed by atoms with E-state index in [1.54, 1.807) is 0 Å². The van der Waals surface area contributed by atoms with Gasteiger partial charge in [-0.1, -0.05) is 28.1 Å².